The monoisotopic (exact) mass is 250 g/mol. The molecule has 1 aliphatic carbocycles. The van der Waals surface area contributed by atoms with Crippen molar-refractivity contribution in [3.63, 3.8) is 0 Å². The van der Waals surface area contributed by atoms with Crippen LogP contribution >= 0.6 is 11.8 Å². The quantitative estimate of drug-likeness (QED) is 0.832. The van der Waals surface area contributed by atoms with Gasteiger partial charge in [0.05, 0.1) is 0 Å². The van der Waals surface area contributed by atoms with Crippen molar-refractivity contribution in [1.82, 2.24) is 9.78 Å². The number of aromatic nitrogens is 2. The molecule has 1 N–H and O–H groups in total. The van der Waals surface area contributed by atoms with Crippen molar-refractivity contribution in [2.75, 3.05) is 17.6 Å². The van der Waals surface area contributed by atoms with Gasteiger partial charge < -0.3 is 5.32 Å². The van der Waals surface area contributed by atoms with Crippen LogP contribution in [0.5, 0.6) is 0 Å². The lowest BCUT2D eigenvalue weighted by Gasteiger charge is -2.30. The second-order valence-electron chi connectivity index (χ2n) is 5.12. The summed E-state index contributed by atoms with van der Waals surface area (Å²) in [7, 11) is 1.93. The molecule has 1 aromatic rings. The molecule has 2 heterocycles. The molecule has 0 bridgehead atoms. The normalized spacial score (nSPS) is 22.8. The molecule has 0 amide bonds. The van der Waals surface area contributed by atoms with E-state index in [2.05, 4.69) is 15.4 Å². The van der Waals surface area contributed by atoms with E-state index in [4.69, 9.17) is 0 Å². The van der Waals surface area contributed by atoms with Gasteiger partial charge in [0.25, 0.3) is 0 Å². The van der Waals surface area contributed by atoms with E-state index in [0.717, 1.165) is 17.5 Å². The zero-order chi connectivity index (χ0) is 11.7. The molecule has 17 heavy (non-hydrogen) atoms. The second-order valence-corrected chi connectivity index (χ2v) is 6.08. The molecule has 4 nitrogen and oxygen atoms in total. The van der Waals surface area contributed by atoms with Gasteiger partial charge in [-0.3, -0.25) is 9.67 Å². The van der Waals surface area contributed by atoms with Crippen molar-refractivity contribution in [2.24, 2.45) is 17.5 Å². The molecule has 1 saturated carbocycles. The van der Waals surface area contributed by atoms with Crippen molar-refractivity contribution < 1.29 is 0 Å². The molecule has 1 fully saturated rings. The number of nitrogens with zero attached hydrogens (tertiary/aromatic N) is 3. The lowest BCUT2D eigenvalue weighted by molar-refractivity contribution is 0.359. The molecule has 0 unspecified atom stereocenters. The van der Waals surface area contributed by atoms with Gasteiger partial charge in [-0.05, 0) is 18.3 Å². The number of rotatable bonds is 1. The van der Waals surface area contributed by atoms with Crippen molar-refractivity contribution in [3.05, 3.63) is 12.3 Å². The fraction of sp³-hybridized carbons (Fsp3) is 0.667. The minimum absolute atomic E-state index is 0.514. The molecular weight excluding hydrogens is 232 g/mol. The molecule has 0 radical (unpaired) electrons. The van der Waals surface area contributed by atoms with Crippen LogP contribution in [-0.4, -0.2) is 27.2 Å². The van der Waals surface area contributed by atoms with Crippen molar-refractivity contribution in [3.8, 4) is 0 Å². The van der Waals surface area contributed by atoms with Crippen molar-refractivity contribution in [2.45, 2.75) is 25.7 Å². The molecule has 1 aliphatic heterocycles. The molecule has 0 aromatic carbocycles. The zero-order valence-electron chi connectivity index (χ0n) is 10.1. The SMILES string of the molecule is Cn1ccc(NC2=NCC3(CCCC3)CS2)n1. The number of aliphatic imine (C=N–C) groups is 1. The number of amidine groups is 1. The Morgan fingerprint density at radius 1 is 1.41 bits per heavy atom. The van der Waals surface area contributed by atoms with Gasteiger partial charge in [-0.1, -0.05) is 24.6 Å². The number of anilines is 1. The summed E-state index contributed by atoms with van der Waals surface area (Å²) in [5, 5.41) is 8.62. The first-order valence-electron chi connectivity index (χ1n) is 6.20. The highest BCUT2D eigenvalue weighted by molar-refractivity contribution is 8.14. The minimum atomic E-state index is 0.514. The third-order valence-electron chi connectivity index (χ3n) is 3.69. The van der Waals surface area contributed by atoms with Gasteiger partial charge in [-0.2, -0.15) is 5.10 Å². The number of nitrogens with one attached hydrogen (secondary N) is 1. The fourth-order valence-corrected chi connectivity index (χ4v) is 3.80. The van der Waals surface area contributed by atoms with Gasteiger partial charge in [0.1, 0.15) is 0 Å². The van der Waals surface area contributed by atoms with E-state index in [1.807, 2.05) is 31.1 Å². The van der Waals surface area contributed by atoms with E-state index < -0.39 is 0 Å². The van der Waals surface area contributed by atoms with E-state index in [-0.39, 0.29) is 0 Å². The summed E-state index contributed by atoms with van der Waals surface area (Å²) in [4.78, 5) is 4.69. The van der Waals surface area contributed by atoms with Crippen LogP contribution in [0, 0.1) is 5.41 Å². The Bertz CT molecular complexity index is 431. The highest BCUT2D eigenvalue weighted by Gasteiger charge is 2.36. The van der Waals surface area contributed by atoms with Crippen LogP contribution in [0.1, 0.15) is 25.7 Å². The topological polar surface area (TPSA) is 42.2 Å². The molecule has 0 atom stereocenters. The lowest BCUT2D eigenvalue weighted by atomic mass is 9.89. The Labute approximate surface area is 106 Å². The van der Waals surface area contributed by atoms with E-state index in [1.165, 1.54) is 31.4 Å². The first-order valence-corrected chi connectivity index (χ1v) is 7.18. The Kier molecular flexibility index (Phi) is 2.86. The summed E-state index contributed by atoms with van der Waals surface area (Å²) in [6.45, 7) is 0.995. The van der Waals surface area contributed by atoms with Gasteiger partial charge in [-0.25, -0.2) is 0 Å². The van der Waals surface area contributed by atoms with Crippen LogP contribution < -0.4 is 5.32 Å². The molecular formula is C12H18N4S. The van der Waals surface area contributed by atoms with E-state index in [9.17, 15) is 0 Å². The summed E-state index contributed by atoms with van der Waals surface area (Å²) < 4.78 is 1.80. The third-order valence-corrected chi connectivity index (χ3v) is 4.95. The summed E-state index contributed by atoms with van der Waals surface area (Å²) >= 11 is 1.85. The third kappa shape index (κ3) is 2.34. The number of hydrogen-bond acceptors (Lipinski definition) is 4. The summed E-state index contributed by atoms with van der Waals surface area (Å²) in [6, 6.07) is 1.98. The fourth-order valence-electron chi connectivity index (χ4n) is 2.65. The summed E-state index contributed by atoms with van der Waals surface area (Å²) in [5.41, 5.74) is 0.514. The zero-order valence-corrected chi connectivity index (χ0v) is 11.0. The second kappa shape index (κ2) is 4.37. The minimum Gasteiger partial charge on any atom is -0.318 e. The van der Waals surface area contributed by atoms with Crippen LogP contribution in [0.15, 0.2) is 17.3 Å². The predicted molar refractivity (Wildman–Crippen MR) is 72.5 cm³/mol. The molecule has 1 spiro atoms. The Hall–Kier alpha value is -0.970. The van der Waals surface area contributed by atoms with Crippen LogP contribution in [0.25, 0.3) is 0 Å². The Balaban J connectivity index is 1.64. The summed E-state index contributed by atoms with van der Waals surface area (Å²) in [5.74, 6) is 2.10. The largest absolute Gasteiger partial charge is 0.318 e. The average molecular weight is 250 g/mol. The predicted octanol–water partition coefficient (Wildman–Crippen LogP) is 2.50. The van der Waals surface area contributed by atoms with Gasteiger partial charge in [-0.15, -0.1) is 0 Å². The van der Waals surface area contributed by atoms with E-state index in [1.54, 1.807) is 4.68 Å². The lowest BCUT2D eigenvalue weighted by Crippen LogP contribution is -2.30. The maximum atomic E-state index is 4.69. The summed E-state index contributed by atoms with van der Waals surface area (Å²) in [6.07, 6.45) is 7.44. The standard InChI is InChI=1S/C12H18N4S/c1-16-7-4-10(15-16)14-11-13-8-12(9-17-11)5-2-3-6-12/h4,7H,2-3,5-6,8-9H2,1H3,(H,13,14,15). The highest BCUT2D eigenvalue weighted by Crippen LogP contribution is 2.43. The first-order chi connectivity index (χ1) is 8.26. The van der Waals surface area contributed by atoms with Crippen molar-refractivity contribution in [1.29, 1.82) is 0 Å². The van der Waals surface area contributed by atoms with E-state index in [0.29, 0.717) is 5.41 Å². The van der Waals surface area contributed by atoms with Crippen LogP contribution in [-0.2, 0) is 7.05 Å². The van der Waals surface area contributed by atoms with Crippen LogP contribution in [0.3, 0.4) is 0 Å². The molecule has 2 aliphatic rings. The molecule has 5 heteroatoms. The number of aryl methyl sites for hydroxylation is 1. The van der Waals surface area contributed by atoms with Gasteiger partial charge in [0.2, 0.25) is 0 Å². The maximum absolute atomic E-state index is 4.69. The molecule has 92 valence electrons. The Morgan fingerprint density at radius 3 is 2.82 bits per heavy atom. The smallest absolute Gasteiger partial charge is 0.162 e. The maximum Gasteiger partial charge on any atom is 0.162 e. The van der Waals surface area contributed by atoms with Gasteiger partial charge >= 0.3 is 0 Å². The van der Waals surface area contributed by atoms with Crippen LogP contribution in [0.2, 0.25) is 0 Å². The molecule has 0 saturated heterocycles. The molecule has 1 aromatic heterocycles. The van der Waals surface area contributed by atoms with Gasteiger partial charge in [0, 0.05) is 31.6 Å². The van der Waals surface area contributed by atoms with Gasteiger partial charge in [0.15, 0.2) is 11.0 Å². The van der Waals surface area contributed by atoms with Crippen LogP contribution in [0.4, 0.5) is 5.82 Å². The highest BCUT2D eigenvalue weighted by atomic mass is 32.2. The first kappa shape index (κ1) is 11.1. The number of thioether (sulfide) groups is 1. The van der Waals surface area contributed by atoms with E-state index >= 15 is 0 Å². The molecule has 3 rings (SSSR count). The van der Waals surface area contributed by atoms with Crippen molar-refractivity contribution >= 4 is 22.7 Å². The number of hydrogen-bond donors (Lipinski definition) is 1. The average Bonchev–Trinajstić information content (AvgIpc) is 2.93. The Morgan fingerprint density at radius 2 is 2.24 bits per heavy atom.